The highest BCUT2D eigenvalue weighted by atomic mass is 35.5. The molecule has 2 nitrogen and oxygen atoms in total. The van der Waals surface area contributed by atoms with Gasteiger partial charge in [0.05, 0.1) is 13.3 Å². The fourth-order valence-electron chi connectivity index (χ4n) is 1.40. The van der Waals surface area contributed by atoms with Gasteiger partial charge in [-0.05, 0) is 23.8 Å². The van der Waals surface area contributed by atoms with E-state index in [9.17, 15) is 4.39 Å². The number of hydrogen-bond acceptors (Lipinski definition) is 2. The van der Waals surface area contributed by atoms with Crippen LogP contribution in [0.25, 0.3) is 11.1 Å². The van der Waals surface area contributed by atoms with E-state index in [1.807, 2.05) is 0 Å². The molecule has 2 rings (SSSR count). The minimum atomic E-state index is -0.394. The first-order chi connectivity index (χ1) is 7.70. The highest BCUT2D eigenvalue weighted by Gasteiger charge is 2.06. The van der Waals surface area contributed by atoms with Gasteiger partial charge in [0.25, 0.3) is 0 Å². The van der Waals surface area contributed by atoms with Crippen LogP contribution in [0.3, 0.4) is 0 Å². The molecular weight excluding hydrogens is 229 g/mol. The average molecular weight is 238 g/mol. The maximum Gasteiger partial charge on any atom is 0.149 e. The molecule has 0 radical (unpaired) electrons. The Morgan fingerprint density at radius 2 is 1.94 bits per heavy atom. The molecule has 16 heavy (non-hydrogen) atoms. The Bertz CT molecular complexity index is 499. The normalized spacial score (nSPS) is 10.2. The smallest absolute Gasteiger partial charge is 0.149 e. The molecule has 0 fully saturated rings. The third kappa shape index (κ3) is 2.14. The van der Waals surface area contributed by atoms with Crippen LogP contribution in [-0.2, 0) is 0 Å². The van der Waals surface area contributed by atoms with Crippen LogP contribution in [0.1, 0.15) is 0 Å². The Hall–Kier alpha value is -1.61. The van der Waals surface area contributed by atoms with E-state index in [1.165, 1.54) is 6.07 Å². The van der Waals surface area contributed by atoms with Gasteiger partial charge < -0.3 is 4.74 Å². The van der Waals surface area contributed by atoms with Crippen molar-refractivity contribution in [1.29, 1.82) is 0 Å². The molecule has 0 aliphatic heterocycles. The van der Waals surface area contributed by atoms with Crippen LogP contribution < -0.4 is 4.74 Å². The number of methoxy groups -OCH3 is 1. The zero-order valence-electron chi connectivity index (χ0n) is 8.58. The number of pyridine rings is 1. The minimum Gasteiger partial charge on any atom is -0.497 e. The lowest BCUT2D eigenvalue weighted by Crippen LogP contribution is -1.88. The van der Waals surface area contributed by atoms with Crippen molar-refractivity contribution < 1.29 is 9.13 Å². The van der Waals surface area contributed by atoms with Crippen LogP contribution in [-0.4, -0.2) is 12.1 Å². The molecule has 1 aromatic heterocycles. The van der Waals surface area contributed by atoms with Crippen molar-refractivity contribution in [3.05, 3.63) is 47.5 Å². The number of benzene rings is 1. The van der Waals surface area contributed by atoms with E-state index in [0.717, 1.165) is 17.5 Å². The van der Waals surface area contributed by atoms with Crippen LogP contribution in [0.2, 0.25) is 5.15 Å². The van der Waals surface area contributed by atoms with E-state index in [4.69, 9.17) is 16.3 Å². The number of aromatic nitrogens is 1. The van der Waals surface area contributed by atoms with Crippen molar-refractivity contribution in [3.63, 3.8) is 0 Å². The summed E-state index contributed by atoms with van der Waals surface area (Å²) in [4.78, 5) is 3.66. The Kier molecular flexibility index (Phi) is 3.06. The summed E-state index contributed by atoms with van der Waals surface area (Å²) in [5.74, 6) is 0.332. The lowest BCUT2D eigenvalue weighted by molar-refractivity contribution is 0.415. The third-order valence-electron chi connectivity index (χ3n) is 2.22. The van der Waals surface area contributed by atoms with Gasteiger partial charge in [0.1, 0.15) is 16.7 Å². The first-order valence-corrected chi connectivity index (χ1v) is 5.04. The van der Waals surface area contributed by atoms with Gasteiger partial charge in [-0.3, -0.25) is 0 Å². The summed E-state index contributed by atoms with van der Waals surface area (Å²) in [6.45, 7) is 0. The van der Waals surface area contributed by atoms with E-state index in [-0.39, 0.29) is 5.15 Å². The van der Waals surface area contributed by atoms with Crippen molar-refractivity contribution in [2.75, 3.05) is 7.11 Å². The second-order valence-corrected chi connectivity index (χ2v) is 3.60. The fraction of sp³-hybridized carbons (Fsp3) is 0.0833. The van der Waals surface area contributed by atoms with Crippen molar-refractivity contribution in [3.8, 4) is 16.9 Å². The predicted molar refractivity (Wildman–Crippen MR) is 61.2 cm³/mol. The molecule has 0 spiro atoms. The maximum absolute atomic E-state index is 13.5. The maximum atomic E-state index is 13.5. The molecule has 82 valence electrons. The molecule has 1 aromatic carbocycles. The average Bonchev–Trinajstić information content (AvgIpc) is 2.32. The van der Waals surface area contributed by atoms with Gasteiger partial charge in [-0.2, -0.15) is 0 Å². The molecule has 0 aliphatic carbocycles. The Morgan fingerprint density at radius 1 is 1.25 bits per heavy atom. The van der Waals surface area contributed by atoms with Gasteiger partial charge in [0.15, 0.2) is 0 Å². The largest absolute Gasteiger partial charge is 0.497 e. The van der Waals surface area contributed by atoms with Crippen molar-refractivity contribution in [2.45, 2.75) is 0 Å². The van der Waals surface area contributed by atoms with Crippen LogP contribution in [0.15, 0.2) is 36.5 Å². The second kappa shape index (κ2) is 4.49. The van der Waals surface area contributed by atoms with Gasteiger partial charge in [-0.1, -0.05) is 23.7 Å². The van der Waals surface area contributed by atoms with Crippen LogP contribution in [0.4, 0.5) is 4.39 Å². The van der Waals surface area contributed by atoms with Gasteiger partial charge in [0, 0.05) is 5.56 Å². The molecule has 4 heteroatoms. The van der Waals surface area contributed by atoms with Gasteiger partial charge in [-0.15, -0.1) is 0 Å². The van der Waals surface area contributed by atoms with E-state index in [2.05, 4.69) is 4.98 Å². The fourth-order valence-corrected chi connectivity index (χ4v) is 1.56. The summed E-state index contributed by atoms with van der Waals surface area (Å²) >= 11 is 5.72. The number of hydrogen-bond donors (Lipinski definition) is 0. The van der Waals surface area contributed by atoms with Crippen LogP contribution in [0.5, 0.6) is 5.75 Å². The van der Waals surface area contributed by atoms with Crippen molar-refractivity contribution in [2.24, 2.45) is 0 Å². The molecule has 0 amide bonds. The minimum absolute atomic E-state index is 0.271. The number of ether oxygens (including phenoxy) is 1. The van der Waals surface area contributed by atoms with Crippen molar-refractivity contribution >= 4 is 11.6 Å². The molecule has 1 heterocycles. The van der Waals surface area contributed by atoms with E-state index in [0.29, 0.717) is 5.56 Å². The molecule has 0 atom stereocenters. The lowest BCUT2D eigenvalue weighted by atomic mass is 10.1. The first-order valence-electron chi connectivity index (χ1n) is 4.66. The summed E-state index contributed by atoms with van der Waals surface area (Å²) in [6, 6.07) is 8.58. The summed E-state index contributed by atoms with van der Waals surface area (Å²) in [5, 5.41) is 0.271. The number of nitrogens with zero attached hydrogens (tertiary/aromatic N) is 1. The summed E-state index contributed by atoms with van der Waals surface area (Å²) in [6.07, 6.45) is 1.11. The summed E-state index contributed by atoms with van der Waals surface area (Å²) in [7, 11) is 1.58. The van der Waals surface area contributed by atoms with Gasteiger partial charge in [-0.25, -0.2) is 9.37 Å². The molecule has 0 aliphatic rings. The van der Waals surface area contributed by atoms with E-state index >= 15 is 0 Å². The molecule has 0 N–H and O–H groups in total. The standard InChI is InChI=1S/C12H9ClFNO/c1-16-9-4-2-8(3-5-9)10-6-12(13)15-7-11(10)14/h2-7H,1H3. The number of halogens is 2. The Morgan fingerprint density at radius 3 is 2.56 bits per heavy atom. The van der Waals surface area contributed by atoms with Crippen LogP contribution in [0, 0.1) is 5.82 Å². The quantitative estimate of drug-likeness (QED) is 0.746. The number of rotatable bonds is 2. The SMILES string of the molecule is COc1ccc(-c2cc(Cl)ncc2F)cc1. The second-order valence-electron chi connectivity index (χ2n) is 3.22. The Labute approximate surface area is 97.7 Å². The first kappa shape index (κ1) is 10.9. The molecule has 2 aromatic rings. The Balaban J connectivity index is 2.45. The molecule has 0 unspecified atom stereocenters. The molecular formula is C12H9ClFNO. The summed E-state index contributed by atoms with van der Waals surface area (Å²) < 4.78 is 18.5. The van der Waals surface area contributed by atoms with Gasteiger partial charge >= 0.3 is 0 Å². The zero-order chi connectivity index (χ0) is 11.5. The highest BCUT2D eigenvalue weighted by Crippen LogP contribution is 2.26. The van der Waals surface area contributed by atoms with Crippen molar-refractivity contribution in [1.82, 2.24) is 4.98 Å². The van der Waals surface area contributed by atoms with E-state index < -0.39 is 5.82 Å². The third-order valence-corrected chi connectivity index (χ3v) is 2.43. The van der Waals surface area contributed by atoms with Gasteiger partial charge in [0.2, 0.25) is 0 Å². The zero-order valence-corrected chi connectivity index (χ0v) is 9.33. The monoisotopic (exact) mass is 237 g/mol. The predicted octanol–water partition coefficient (Wildman–Crippen LogP) is 3.55. The molecule has 0 saturated heterocycles. The van der Waals surface area contributed by atoms with E-state index in [1.54, 1.807) is 31.4 Å². The molecule has 0 saturated carbocycles. The lowest BCUT2D eigenvalue weighted by Gasteiger charge is -2.05. The summed E-state index contributed by atoms with van der Waals surface area (Å²) in [5.41, 5.74) is 1.17. The topological polar surface area (TPSA) is 22.1 Å². The van der Waals surface area contributed by atoms with Crippen LogP contribution >= 0.6 is 11.6 Å². The molecule has 0 bridgehead atoms. The highest BCUT2D eigenvalue weighted by molar-refractivity contribution is 6.29.